The summed E-state index contributed by atoms with van der Waals surface area (Å²) in [6.45, 7) is 1.66. The van der Waals surface area contributed by atoms with Gasteiger partial charge in [0.25, 0.3) is 0 Å². The lowest BCUT2D eigenvalue weighted by atomic mass is 10.1. The second-order valence-electron chi connectivity index (χ2n) is 3.89. The van der Waals surface area contributed by atoms with Crippen molar-refractivity contribution < 1.29 is 5.11 Å². The van der Waals surface area contributed by atoms with Gasteiger partial charge in [0.2, 0.25) is 0 Å². The van der Waals surface area contributed by atoms with Crippen LogP contribution in [0.4, 0.5) is 0 Å². The highest BCUT2D eigenvalue weighted by atomic mass is 16.3. The monoisotopic (exact) mass is 228 g/mol. The van der Waals surface area contributed by atoms with Crippen LogP contribution in [0.25, 0.3) is 0 Å². The Labute approximate surface area is 101 Å². The predicted octanol–water partition coefficient (Wildman–Crippen LogP) is 1.86. The third-order valence-electron chi connectivity index (χ3n) is 2.68. The molecule has 0 aliphatic heterocycles. The van der Waals surface area contributed by atoms with Crippen LogP contribution in [-0.4, -0.2) is 10.1 Å². The van der Waals surface area contributed by atoms with E-state index in [0.717, 1.165) is 24.2 Å². The fourth-order valence-corrected chi connectivity index (χ4v) is 1.73. The van der Waals surface area contributed by atoms with Crippen molar-refractivity contribution in [3.8, 4) is 0 Å². The van der Waals surface area contributed by atoms with Gasteiger partial charge in [-0.05, 0) is 28.8 Å². The van der Waals surface area contributed by atoms with Gasteiger partial charge in [-0.15, -0.1) is 0 Å². The molecule has 0 saturated carbocycles. The summed E-state index contributed by atoms with van der Waals surface area (Å²) in [5.74, 6) is 0. The molecule has 0 aliphatic carbocycles. The zero-order valence-electron chi connectivity index (χ0n) is 9.63. The number of nitrogens with one attached hydrogen (secondary N) is 1. The molecule has 2 rings (SSSR count). The van der Waals surface area contributed by atoms with Gasteiger partial charge in [-0.1, -0.05) is 24.3 Å². The smallest absolute Gasteiger partial charge is 0.0685 e. The maximum absolute atomic E-state index is 9.20. The topological polar surface area (TPSA) is 45.1 Å². The summed E-state index contributed by atoms with van der Waals surface area (Å²) >= 11 is 0. The normalized spacial score (nSPS) is 10.4. The Morgan fingerprint density at radius 1 is 0.941 bits per heavy atom. The van der Waals surface area contributed by atoms with E-state index in [2.05, 4.69) is 10.3 Å². The van der Waals surface area contributed by atoms with Crippen molar-refractivity contribution in [3.05, 3.63) is 65.5 Å². The first-order chi connectivity index (χ1) is 8.40. The Morgan fingerprint density at radius 3 is 2.35 bits per heavy atom. The Hall–Kier alpha value is -1.71. The van der Waals surface area contributed by atoms with Gasteiger partial charge in [0, 0.05) is 25.5 Å². The molecule has 2 N–H and O–H groups in total. The van der Waals surface area contributed by atoms with Crippen LogP contribution in [0.1, 0.15) is 16.7 Å². The largest absolute Gasteiger partial charge is 0.392 e. The van der Waals surface area contributed by atoms with Crippen LogP contribution in [-0.2, 0) is 19.7 Å². The number of pyridine rings is 1. The van der Waals surface area contributed by atoms with E-state index < -0.39 is 0 Å². The van der Waals surface area contributed by atoms with Gasteiger partial charge < -0.3 is 10.4 Å². The zero-order chi connectivity index (χ0) is 11.9. The van der Waals surface area contributed by atoms with Crippen molar-refractivity contribution >= 4 is 0 Å². The molecule has 3 heteroatoms. The van der Waals surface area contributed by atoms with Crippen LogP contribution in [0.2, 0.25) is 0 Å². The molecule has 0 atom stereocenters. The van der Waals surface area contributed by atoms with Gasteiger partial charge in [0.05, 0.1) is 6.61 Å². The van der Waals surface area contributed by atoms with Crippen LogP contribution in [0.15, 0.2) is 48.8 Å². The van der Waals surface area contributed by atoms with Gasteiger partial charge in [-0.3, -0.25) is 4.98 Å². The minimum Gasteiger partial charge on any atom is -0.392 e. The van der Waals surface area contributed by atoms with Crippen LogP contribution in [0, 0.1) is 0 Å². The standard InChI is InChI=1S/C14H16N2O/c17-11-14-4-2-1-3-13(14)10-16-9-12-5-7-15-8-6-12/h1-8,16-17H,9-11H2. The molecule has 2 aromatic rings. The van der Waals surface area contributed by atoms with Crippen molar-refractivity contribution in [3.63, 3.8) is 0 Å². The summed E-state index contributed by atoms with van der Waals surface area (Å²) in [4.78, 5) is 3.98. The number of aliphatic hydroxyl groups excluding tert-OH is 1. The Balaban J connectivity index is 1.90. The number of hydrogen-bond donors (Lipinski definition) is 2. The third kappa shape index (κ3) is 3.37. The van der Waals surface area contributed by atoms with Gasteiger partial charge in [0.15, 0.2) is 0 Å². The van der Waals surface area contributed by atoms with Crippen LogP contribution in [0.3, 0.4) is 0 Å². The van der Waals surface area contributed by atoms with Crippen molar-refractivity contribution in [2.75, 3.05) is 0 Å². The molecule has 3 nitrogen and oxygen atoms in total. The minimum atomic E-state index is 0.0904. The lowest BCUT2D eigenvalue weighted by molar-refractivity contribution is 0.280. The minimum absolute atomic E-state index is 0.0904. The van der Waals surface area contributed by atoms with Gasteiger partial charge >= 0.3 is 0 Å². The maximum Gasteiger partial charge on any atom is 0.0685 e. The van der Waals surface area contributed by atoms with E-state index in [-0.39, 0.29) is 6.61 Å². The van der Waals surface area contributed by atoms with Crippen molar-refractivity contribution in [2.24, 2.45) is 0 Å². The SMILES string of the molecule is OCc1ccccc1CNCc1ccncc1. The number of aromatic nitrogens is 1. The molecule has 0 bridgehead atoms. The summed E-state index contributed by atoms with van der Waals surface area (Å²) in [5, 5.41) is 12.6. The first-order valence-electron chi connectivity index (χ1n) is 5.67. The van der Waals surface area contributed by atoms with E-state index in [4.69, 9.17) is 0 Å². The quantitative estimate of drug-likeness (QED) is 0.821. The van der Waals surface area contributed by atoms with Crippen LogP contribution in [0.5, 0.6) is 0 Å². The Morgan fingerprint density at radius 2 is 1.65 bits per heavy atom. The highest BCUT2D eigenvalue weighted by Crippen LogP contribution is 2.08. The number of benzene rings is 1. The molecule has 0 spiro atoms. The fourth-order valence-electron chi connectivity index (χ4n) is 1.73. The molecule has 17 heavy (non-hydrogen) atoms. The summed E-state index contributed by atoms with van der Waals surface area (Å²) in [6, 6.07) is 11.9. The first-order valence-corrected chi connectivity index (χ1v) is 5.67. The molecule has 0 radical (unpaired) electrons. The zero-order valence-corrected chi connectivity index (χ0v) is 9.63. The van der Waals surface area contributed by atoms with Crippen molar-refractivity contribution in [1.82, 2.24) is 10.3 Å². The maximum atomic E-state index is 9.20. The molecular formula is C14H16N2O. The van der Waals surface area contributed by atoms with Crippen molar-refractivity contribution in [1.29, 1.82) is 0 Å². The van der Waals surface area contributed by atoms with E-state index in [1.807, 2.05) is 36.4 Å². The predicted molar refractivity (Wildman–Crippen MR) is 67.1 cm³/mol. The van der Waals surface area contributed by atoms with E-state index in [1.54, 1.807) is 12.4 Å². The van der Waals surface area contributed by atoms with Gasteiger partial charge in [-0.2, -0.15) is 0 Å². The lowest BCUT2D eigenvalue weighted by Crippen LogP contribution is -2.14. The van der Waals surface area contributed by atoms with E-state index >= 15 is 0 Å². The number of aliphatic hydroxyl groups is 1. The average Bonchev–Trinajstić information content (AvgIpc) is 2.40. The summed E-state index contributed by atoms with van der Waals surface area (Å²) in [6.07, 6.45) is 3.58. The van der Waals surface area contributed by atoms with Gasteiger partial charge in [0.1, 0.15) is 0 Å². The molecule has 88 valence electrons. The summed E-state index contributed by atoms with van der Waals surface area (Å²) in [7, 11) is 0. The van der Waals surface area contributed by atoms with E-state index in [0.29, 0.717) is 0 Å². The summed E-state index contributed by atoms with van der Waals surface area (Å²) in [5.41, 5.74) is 3.33. The third-order valence-corrected chi connectivity index (χ3v) is 2.68. The number of nitrogens with zero attached hydrogens (tertiary/aromatic N) is 1. The molecule has 0 saturated heterocycles. The molecule has 0 unspecified atom stereocenters. The lowest BCUT2D eigenvalue weighted by Gasteiger charge is -2.08. The Bertz CT molecular complexity index is 457. The average molecular weight is 228 g/mol. The molecule has 0 fully saturated rings. The number of hydrogen-bond acceptors (Lipinski definition) is 3. The van der Waals surface area contributed by atoms with Crippen molar-refractivity contribution in [2.45, 2.75) is 19.7 Å². The molecule has 1 aromatic heterocycles. The second kappa shape index (κ2) is 6.13. The molecule has 1 aromatic carbocycles. The molecule has 1 heterocycles. The highest BCUT2D eigenvalue weighted by Gasteiger charge is 1.99. The van der Waals surface area contributed by atoms with Crippen LogP contribution < -0.4 is 5.32 Å². The number of rotatable bonds is 5. The van der Waals surface area contributed by atoms with Gasteiger partial charge in [-0.25, -0.2) is 0 Å². The second-order valence-corrected chi connectivity index (χ2v) is 3.89. The molecular weight excluding hydrogens is 212 g/mol. The summed E-state index contributed by atoms with van der Waals surface area (Å²) < 4.78 is 0. The molecule has 0 amide bonds. The first kappa shape index (κ1) is 11.8. The fraction of sp³-hybridized carbons (Fsp3) is 0.214. The highest BCUT2D eigenvalue weighted by molar-refractivity contribution is 5.26. The molecule has 0 aliphatic rings. The Kier molecular flexibility index (Phi) is 4.24. The van der Waals surface area contributed by atoms with Crippen LogP contribution >= 0.6 is 0 Å². The van der Waals surface area contributed by atoms with E-state index in [9.17, 15) is 5.11 Å². The van der Waals surface area contributed by atoms with E-state index in [1.165, 1.54) is 5.56 Å².